The van der Waals surface area contributed by atoms with Crippen LogP contribution < -0.4 is 5.14 Å². The van der Waals surface area contributed by atoms with Crippen molar-refractivity contribution in [2.75, 3.05) is 0 Å². The van der Waals surface area contributed by atoms with Crippen LogP contribution in [0.5, 0.6) is 0 Å². The summed E-state index contributed by atoms with van der Waals surface area (Å²) >= 11 is 6.00. The Kier molecular flexibility index (Phi) is 4.96. The van der Waals surface area contributed by atoms with Gasteiger partial charge in [-0.05, 0) is 54.6 Å². The summed E-state index contributed by atoms with van der Waals surface area (Å²) in [5.41, 5.74) is 3.42. The third kappa shape index (κ3) is 4.07. The van der Waals surface area contributed by atoms with Crippen molar-refractivity contribution in [2.45, 2.75) is 4.90 Å². The molecule has 0 atom stereocenters. The minimum Gasteiger partial charge on any atom is -0.232 e. The van der Waals surface area contributed by atoms with Gasteiger partial charge in [-0.25, -0.2) is 22.6 Å². The Morgan fingerprint density at radius 3 is 2.21 bits per heavy atom. The van der Waals surface area contributed by atoms with Crippen LogP contribution in [0.2, 0.25) is 5.02 Å². The van der Waals surface area contributed by atoms with Crippen molar-refractivity contribution in [3.63, 3.8) is 0 Å². The number of aromatic nitrogens is 2. The number of benzene rings is 3. The molecule has 0 fully saturated rings. The van der Waals surface area contributed by atoms with Crippen LogP contribution in [0, 0.1) is 5.82 Å². The highest BCUT2D eigenvalue weighted by Crippen LogP contribution is 2.30. The SMILES string of the molecule is NS(=O)(=O)c1ccc(-n2nc(-c3cccc(F)c3)cc2-c2ccc(Cl)cc2)cc1. The Labute approximate surface area is 172 Å². The van der Waals surface area contributed by atoms with Gasteiger partial charge in [-0.1, -0.05) is 35.9 Å². The summed E-state index contributed by atoms with van der Waals surface area (Å²) in [6.07, 6.45) is 0. The number of rotatable bonds is 4. The first-order chi connectivity index (χ1) is 13.8. The van der Waals surface area contributed by atoms with Crippen molar-refractivity contribution in [1.29, 1.82) is 0 Å². The predicted molar refractivity (Wildman–Crippen MR) is 111 cm³/mol. The summed E-state index contributed by atoms with van der Waals surface area (Å²) in [5.74, 6) is -0.359. The molecule has 4 rings (SSSR count). The Morgan fingerprint density at radius 2 is 1.59 bits per heavy atom. The molecule has 3 aromatic carbocycles. The summed E-state index contributed by atoms with van der Waals surface area (Å²) in [5, 5.41) is 10.4. The van der Waals surface area contributed by atoms with E-state index in [1.165, 1.54) is 24.3 Å². The molecule has 146 valence electrons. The second-order valence-electron chi connectivity index (χ2n) is 6.38. The molecule has 0 spiro atoms. The Morgan fingerprint density at radius 1 is 0.897 bits per heavy atom. The van der Waals surface area contributed by atoms with E-state index in [-0.39, 0.29) is 10.7 Å². The molecule has 0 aliphatic rings. The quantitative estimate of drug-likeness (QED) is 0.515. The van der Waals surface area contributed by atoms with E-state index in [4.69, 9.17) is 16.7 Å². The van der Waals surface area contributed by atoms with E-state index in [1.54, 1.807) is 41.1 Å². The fraction of sp³-hybridized carbons (Fsp3) is 0. The van der Waals surface area contributed by atoms with Gasteiger partial charge < -0.3 is 0 Å². The highest BCUT2D eigenvalue weighted by atomic mass is 35.5. The van der Waals surface area contributed by atoms with Crippen LogP contribution in [-0.4, -0.2) is 18.2 Å². The minimum atomic E-state index is -3.80. The Hall–Kier alpha value is -3.00. The zero-order chi connectivity index (χ0) is 20.6. The van der Waals surface area contributed by atoms with Crippen LogP contribution in [0.3, 0.4) is 0 Å². The number of nitrogens with zero attached hydrogens (tertiary/aromatic N) is 2. The normalized spacial score (nSPS) is 11.6. The lowest BCUT2D eigenvalue weighted by molar-refractivity contribution is 0.597. The molecule has 0 saturated heterocycles. The van der Waals surface area contributed by atoms with Crippen molar-refractivity contribution in [3.05, 3.63) is 89.7 Å². The van der Waals surface area contributed by atoms with E-state index >= 15 is 0 Å². The standard InChI is InChI=1S/C21H15ClFN3O2S/c22-16-6-4-14(5-7-16)21-13-20(15-2-1-3-17(23)12-15)25-26(21)18-8-10-19(11-9-18)29(24,27)28/h1-13H,(H2,24,27,28). The Bertz CT molecular complexity index is 1280. The average Bonchev–Trinajstić information content (AvgIpc) is 3.13. The summed E-state index contributed by atoms with van der Waals surface area (Å²) in [6, 6.07) is 21.3. The van der Waals surface area contributed by atoms with E-state index in [1.807, 2.05) is 18.2 Å². The molecule has 0 aliphatic heterocycles. The lowest BCUT2D eigenvalue weighted by Gasteiger charge is -2.08. The van der Waals surface area contributed by atoms with E-state index in [0.717, 1.165) is 11.3 Å². The fourth-order valence-corrected chi connectivity index (χ4v) is 3.61. The zero-order valence-corrected chi connectivity index (χ0v) is 16.5. The van der Waals surface area contributed by atoms with Crippen LogP contribution in [0.1, 0.15) is 0 Å². The van der Waals surface area contributed by atoms with Crippen LogP contribution in [0.15, 0.2) is 83.8 Å². The average molecular weight is 428 g/mol. The Balaban J connectivity index is 1.88. The van der Waals surface area contributed by atoms with Crippen LogP contribution in [0.25, 0.3) is 28.2 Å². The topological polar surface area (TPSA) is 78.0 Å². The number of hydrogen-bond donors (Lipinski definition) is 1. The number of nitrogens with two attached hydrogens (primary N) is 1. The molecule has 0 aliphatic carbocycles. The van der Waals surface area contributed by atoms with Gasteiger partial charge in [-0.3, -0.25) is 0 Å². The molecule has 1 heterocycles. The number of hydrogen-bond acceptors (Lipinski definition) is 3. The molecule has 5 nitrogen and oxygen atoms in total. The summed E-state index contributed by atoms with van der Waals surface area (Å²) in [4.78, 5) is 0.00630. The third-order valence-corrected chi connectivity index (χ3v) is 5.56. The molecule has 0 bridgehead atoms. The molecule has 2 N–H and O–H groups in total. The summed E-state index contributed by atoms with van der Waals surface area (Å²) in [7, 11) is -3.80. The van der Waals surface area contributed by atoms with Gasteiger partial charge in [-0.2, -0.15) is 5.10 Å². The second kappa shape index (κ2) is 7.44. The lowest BCUT2D eigenvalue weighted by atomic mass is 10.1. The van der Waals surface area contributed by atoms with Gasteiger partial charge in [0.05, 0.1) is 22.0 Å². The zero-order valence-electron chi connectivity index (χ0n) is 15.0. The first kappa shape index (κ1) is 19.3. The molecule has 0 radical (unpaired) electrons. The van der Waals surface area contributed by atoms with Gasteiger partial charge in [-0.15, -0.1) is 0 Å². The smallest absolute Gasteiger partial charge is 0.232 e. The maximum absolute atomic E-state index is 13.7. The van der Waals surface area contributed by atoms with E-state index in [2.05, 4.69) is 5.10 Å². The van der Waals surface area contributed by atoms with Crippen molar-refractivity contribution >= 4 is 21.6 Å². The van der Waals surface area contributed by atoms with Gasteiger partial charge in [0.25, 0.3) is 0 Å². The van der Waals surface area contributed by atoms with Crippen LogP contribution in [0.4, 0.5) is 4.39 Å². The number of halogens is 2. The van der Waals surface area contributed by atoms with Crippen molar-refractivity contribution in [1.82, 2.24) is 9.78 Å². The van der Waals surface area contributed by atoms with Crippen molar-refractivity contribution in [3.8, 4) is 28.2 Å². The largest absolute Gasteiger partial charge is 0.238 e. The second-order valence-corrected chi connectivity index (χ2v) is 8.38. The minimum absolute atomic E-state index is 0.00630. The first-order valence-electron chi connectivity index (χ1n) is 8.56. The molecule has 4 aromatic rings. The van der Waals surface area contributed by atoms with Gasteiger partial charge in [0, 0.05) is 16.1 Å². The third-order valence-electron chi connectivity index (χ3n) is 4.38. The molecular weight excluding hydrogens is 413 g/mol. The van der Waals surface area contributed by atoms with Gasteiger partial charge >= 0.3 is 0 Å². The fourth-order valence-electron chi connectivity index (χ4n) is 2.97. The van der Waals surface area contributed by atoms with Crippen molar-refractivity contribution in [2.24, 2.45) is 5.14 Å². The highest BCUT2D eigenvalue weighted by molar-refractivity contribution is 7.89. The summed E-state index contributed by atoms with van der Waals surface area (Å²) < 4.78 is 38.4. The van der Waals surface area contributed by atoms with E-state index < -0.39 is 10.0 Å². The molecule has 0 unspecified atom stereocenters. The van der Waals surface area contributed by atoms with E-state index in [0.29, 0.717) is 22.0 Å². The maximum atomic E-state index is 13.7. The molecular formula is C21H15ClFN3O2S. The number of sulfonamides is 1. The van der Waals surface area contributed by atoms with Gasteiger partial charge in [0.1, 0.15) is 5.82 Å². The highest BCUT2D eigenvalue weighted by Gasteiger charge is 2.15. The maximum Gasteiger partial charge on any atom is 0.238 e. The monoisotopic (exact) mass is 427 g/mol. The molecule has 29 heavy (non-hydrogen) atoms. The lowest BCUT2D eigenvalue weighted by Crippen LogP contribution is -2.12. The summed E-state index contributed by atoms with van der Waals surface area (Å²) in [6.45, 7) is 0. The molecule has 0 amide bonds. The first-order valence-corrected chi connectivity index (χ1v) is 10.5. The molecule has 8 heteroatoms. The van der Waals surface area contributed by atoms with Crippen LogP contribution in [-0.2, 0) is 10.0 Å². The molecule has 0 saturated carbocycles. The van der Waals surface area contributed by atoms with Crippen molar-refractivity contribution < 1.29 is 12.8 Å². The predicted octanol–water partition coefficient (Wildman–Crippen LogP) is 4.65. The van der Waals surface area contributed by atoms with Gasteiger partial charge in [0.2, 0.25) is 10.0 Å². The van der Waals surface area contributed by atoms with Crippen LogP contribution >= 0.6 is 11.6 Å². The molecule has 1 aromatic heterocycles. The number of primary sulfonamides is 1. The van der Waals surface area contributed by atoms with E-state index in [9.17, 15) is 12.8 Å². The van der Waals surface area contributed by atoms with Gasteiger partial charge in [0.15, 0.2) is 0 Å².